The Balaban J connectivity index is 1.11. The second kappa shape index (κ2) is 10.1. The molecule has 6 aliphatic rings. The Morgan fingerprint density at radius 2 is 1.81 bits per heavy atom. The molecule has 3 aromatic rings. The normalized spacial score (nSPS) is 43.4. The molecule has 4 unspecified atom stereocenters. The number of hydrazone groups is 1. The van der Waals surface area contributed by atoms with Crippen LogP contribution in [0.15, 0.2) is 58.7 Å². The molecule has 6 N–H and O–H groups in total. The first-order valence-electron chi connectivity index (χ1n) is 17.2. The lowest BCUT2D eigenvalue weighted by molar-refractivity contribution is -0.192. The lowest BCUT2D eigenvalue weighted by Gasteiger charge is -2.60. The first kappa shape index (κ1) is 31.5. The topological polar surface area (TPSA) is 165 Å². The summed E-state index contributed by atoms with van der Waals surface area (Å²) < 4.78 is 31.1. The number of primary sulfonamides is 1. The molecule has 256 valence electrons. The van der Waals surface area contributed by atoms with E-state index in [0.717, 1.165) is 66.4 Å². The molecular weight excluding hydrogens is 652 g/mol. The number of aromatic amines is 1. The number of anilines is 1. The van der Waals surface area contributed by atoms with Crippen LogP contribution in [-0.4, -0.2) is 63.9 Å². The quantitative estimate of drug-likeness (QED) is 0.240. The highest BCUT2D eigenvalue weighted by Gasteiger charge is 2.90. The van der Waals surface area contributed by atoms with Crippen molar-refractivity contribution >= 4 is 43.9 Å². The fourth-order valence-corrected chi connectivity index (χ4v) is 12.5. The van der Waals surface area contributed by atoms with Crippen LogP contribution in [0.4, 0.5) is 5.69 Å². The zero-order valence-electron chi connectivity index (χ0n) is 27.1. The fraction of sp³-hybridized carbons (Fsp3) is 0.583. The third-order valence-electron chi connectivity index (χ3n) is 14.0. The van der Waals surface area contributed by atoms with Gasteiger partial charge in [0.15, 0.2) is 0 Å². The molecule has 10 nitrogen and oxygen atoms in total. The van der Waals surface area contributed by atoms with Crippen molar-refractivity contribution in [1.82, 2.24) is 4.98 Å². The van der Waals surface area contributed by atoms with Crippen molar-refractivity contribution in [2.75, 3.05) is 5.01 Å². The predicted octanol–water partition coefficient (Wildman–Crippen LogP) is 5.01. The average Bonchev–Trinajstić information content (AvgIpc) is 3.35. The van der Waals surface area contributed by atoms with E-state index in [2.05, 4.69) is 18.8 Å². The van der Waals surface area contributed by atoms with Crippen LogP contribution in [0.3, 0.4) is 0 Å². The number of hydrogen-bond acceptors (Lipinski definition) is 8. The molecule has 11 atom stereocenters. The lowest BCUT2D eigenvalue weighted by atomic mass is 9.43. The van der Waals surface area contributed by atoms with Gasteiger partial charge in [0.1, 0.15) is 11.2 Å². The highest BCUT2D eigenvalue weighted by molar-refractivity contribution is 7.89. The largest absolute Gasteiger partial charge is 0.393 e. The van der Waals surface area contributed by atoms with E-state index in [1.165, 1.54) is 12.1 Å². The van der Waals surface area contributed by atoms with Crippen molar-refractivity contribution in [2.45, 2.75) is 106 Å². The molecule has 48 heavy (non-hydrogen) atoms. The minimum absolute atomic E-state index is 0.0270. The maximum absolute atomic E-state index is 12.3. The molecule has 0 bridgehead atoms. The lowest BCUT2D eigenvalue weighted by Crippen LogP contribution is -2.69. The van der Waals surface area contributed by atoms with E-state index < -0.39 is 38.8 Å². The Kier molecular flexibility index (Phi) is 6.59. The monoisotopic (exact) mass is 694 g/mol. The van der Waals surface area contributed by atoms with Gasteiger partial charge in [-0.2, -0.15) is 5.10 Å². The molecule has 4 saturated carbocycles. The summed E-state index contributed by atoms with van der Waals surface area (Å²) in [4.78, 5) is 3.39. The van der Waals surface area contributed by atoms with Gasteiger partial charge in [-0.05, 0) is 92.7 Å². The maximum Gasteiger partial charge on any atom is 0.238 e. The van der Waals surface area contributed by atoms with Gasteiger partial charge in [-0.3, -0.25) is 5.01 Å². The number of benzene rings is 2. The van der Waals surface area contributed by atoms with Crippen molar-refractivity contribution in [3.05, 3.63) is 59.2 Å². The predicted molar refractivity (Wildman–Crippen MR) is 182 cm³/mol. The van der Waals surface area contributed by atoms with Gasteiger partial charge in [-0.1, -0.05) is 31.5 Å². The number of ether oxygens (including phenoxy) is 1. The van der Waals surface area contributed by atoms with Gasteiger partial charge in [-0.25, -0.2) is 13.6 Å². The molecule has 4 aliphatic carbocycles. The highest BCUT2D eigenvalue weighted by Crippen LogP contribution is 2.81. The van der Waals surface area contributed by atoms with Crippen LogP contribution in [-0.2, 0) is 14.8 Å². The van der Waals surface area contributed by atoms with Crippen LogP contribution < -0.4 is 10.1 Å². The minimum atomic E-state index is -3.87. The van der Waals surface area contributed by atoms with Gasteiger partial charge in [0.05, 0.1) is 34.9 Å². The van der Waals surface area contributed by atoms with E-state index in [-0.39, 0.29) is 34.3 Å². The summed E-state index contributed by atoms with van der Waals surface area (Å²) in [6.07, 6.45) is 5.91. The summed E-state index contributed by atoms with van der Waals surface area (Å²) in [6.45, 7) is 4.37. The summed E-state index contributed by atoms with van der Waals surface area (Å²) >= 11 is 6.32. The van der Waals surface area contributed by atoms with Gasteiger partial charge in [0.25, 0.3) is 0 Å². The molecule has 2 aromatic carbocycles. The van der Waals surface area contributed by atoms with Gasteiger partial charge < -0.3 is 25.0 Å². The van der Waals surface area contributed by atoms with Crippen LogP contribution in [0.25, 0.3) is 10.9 Å². The number of sulfonamides is 1. The number of rotatable bonds is 4. The molecule has 5 fully saturated rings. The minimum Gasteiger partial charge on any atom is -0.393 e. The zero-order valence-corrected chi connectivity index (χ0v) is 28.7. The number of nitrogens with zero attached hydrogens (tertiary/aromatic N) is 2. The number of nitrogens with two attached hydrogens (primary N) is 1. The Bertz CT molecular complexity index is 1970. The third-order valence-corrected chi connectivity index (χ3v) is 15.2. The van der Waals surface area contributed by atoms with E-state index in [0.29, 0.717) is 23.8 Å². The van der Waals surface area contributed by atoms with Crippen LogP contribution in [0.5, 0.6) is 0 Å². The van der Waals surface area contributed by atoms with E-state index in [4.69, 9.17) is 26.6 Å². The van der Waals surface area contributed by atoms with Crippen molar-refractivity contribution in [3.8, 4) is 0 Å². The number of halogens is 1. The van der Waals surface area contributed by atoms with Crippen molar-refractivity contribution in [3.63, 3.8) is 0 Å². The first-order valence-corrected chi connectivity index (χ1v) is 19.2. The molecule has 3 heterocycles. The zero-order chi connectivity index (χ0) is 33.6. The van der Waals surface area contributed by atoms with Crippen LogP contribution in [0.2, 0.25) is 5.02 Å². The molecular formula is C36H43ClN4O6S. The molecule has 2 aliphatic heterocycles. The number of aromatic nitrogens is 1. The SMILES string of the molecule is C[C@]12CC[C@H](O)CC1CC[C@@]13O[C@@]14CCC(C1=NN(c5ccc(S(N)(=O)=O)cc5)C(c5c[nH]c6cc(Cl)ccc56)C1)[C@@]4(C)[C@H](O)[C@@H](O)C23. The maximum atomic E-state index is 12.3. The smallest absolute Gasteiger partial charge is 0.238 e. The van der Waals surface area contributed by atoms with E-state index >= 15 is 0 Å². The van der Waals surface area contributed by atoms with Crippen LogP contribution in [0.1, 0.15) is 76.8 Å². The number of epoxide rings is 1. The van der Waals surface area contributed by atoms with E-state index in [1.54, 1.807) is 12.1 Å². The van der Waals surface area contributed by atoms with Crippen LogP contribution >= 0.6 is 11.6 Å². The summed E-state index contributed by atoms with van der Waals surface area (Å²) in [5, 5.41) is 49.2. The number of fused-ring (bicyclic) bond motifs is 3. The Morgan fingerprint density at radius 1 is 1.04 bits per heavy atom. The second-order valence-electron chi connectivity index (χ2n) is 15.9. The fourth-order valence-electron chi connectivity index (χ4n) is 11.8. The molecule has 12 heteroatoms. The van der Waals surface area contributed by atoms with Crippen molar-refractivity contribution in [2.24, 2.45) is 38.8 Å². The van der Waals surface area contributed by atoms with Gasteiger partial charge in [0, 0.05) is 57.1 Å². The van der Waals surface area contributed by atoms with Crippen LogP contribution in [0, 0.1) is 28.6 Å². The summed E-state index contributed by atoms with van der Waals surface area (Å²) in [6, 6.07) is 12.0. The van der Waals surface area contributed by atoms with E-state index in [9.17, 15) is 23.7 Å². The summed E-state index contributed by atoms with van der Waals surface area (Å²) in [5.41, 5.74) is 1.57. The summed E-state index contributed by atoms with van der Waals surface area (Å²) in [5.74, 6) is -0.0398. The van der Waals surface area contributed by atoms with Crippen molar-refractivity contribution < 1.29 is 28.5 Å². The van der Waals surface area contributed by atoms with Crippen molar-refractivity contribution in [1.29, 1.82) is 0 Å². The Hall–Kier alpha value is -2.51. The molecule has 1 aromatic heterocycles. The number of hydrogen-bond donors (Lipinski definition) is 5. The number of aliphatic hydroxyl groups excluding tert-OH is 3. The second-order valence-corrected chi connectivity index (χ2v) is 17.9. The standard InChI is InChI=1S/C36H43ClN4O6S/c1-33-12-10-22(42)15-19(33)9-13-35-31(33)30(43)32(44)34(2)26(11-14-36(34,35)47-35)28-17-29(25-18-39-27-16-20(37)3-8-24(25)27)41(40-28)21-4-6-23(7-5-21)48(38,45)46/h3-8,16,18-19,22,26,29-32,39,42-44H,9-15,17H2,1-2H3,(H2,38,45,46)/t19?,22-,26?,29?,30-,31?,32+,33-,34-,35-,36+/m0/s1. The Morgan fingerprint density at radius 3 is 2.56 bits per heavy atom. The molecule has 0 radical (unpaired) electrons. The number of aliphatic hydroxyl groups is 3. The summed E-state index contributed by atoms with van der Waals surface area (Å²) in [7, 11) is -3.87. The van der Waals surface area contributed by atoms with Gasteiger partial charge in [-0.15, -0.1) is 0 Å². The number of nitrogens with one attached hydrogen (secondary N) is 1. The van der Waals surface area contributed by atoms with E-state index in [1.807, 2.05) is 29.4 Å². The average molecular weight is 695 g/mol. The molecule has 0 amide bonds. The molecule has 1 saturated heterocycles. The van der Waals surface area contributed by atoms with Gasteiger partial charge >= 0.3 is 0 Å². The Labute approximate surface area is 285 Å². The number of H-pyrrole nitrogens is 1. The molecule has 2 spiro atoms. The third kappa shape index (κ3) is 3.92. The highest BCUT2D eigenvalue weighted by atomic mass is 35.5. The first-order chi connectivity index (χ1) is 22.7. The van der Waals surface area contributed by atoms with Gasteiger partial charge in [0.2, 0.25) is 10.0 Å². The molecule has 9 rings (SSSR count).